The number of hydrogen-bond acceptors (Lipinski definition) is 3. The predicted octanol–water partition coefficient (Wildman–Crippen LogP) is 2.53. The van der Waals surface area contributed by atoms with Crippen LogP contribution in [0.25, 0.3) is 0 Å². The SMILES string of the molecule is NCC(Nc1ccccc1F)c1ccoc1. The summed E-state index contributed by atoms with van der Waals surface area (Å²) in [5.41, 5.74) is 6.99. The molecule has 0 spiro atoms. The second-order valence-electron chi connectivity index (χ2n) is 3.47. The van der Waals surface area contributed by atoms with Crippen LogP contribution in [-0.4, -0.2) is 6.54 Å². The minimum atomic E-state index is -0.288. The first-order valence-corrected chi connectivity index (χ1v) is 5.04. The van der Waals surface area contributed by atoms with Gasteiger partial charge in [-0.2, -0.15) is 0 Å². The van der Waals surface area contributed by atoms with E-state index in [-0.39, 0.29) is 11.9 Å². The molecule has 0 radical (unpaired) electrons. The summed E-state index contributed by atoms with van der Waals surface area (Å²) in [6.07, 6.45) is 3.17. The molecule has 84 valence electrons. The van der Waals surface area contributed by atoms with E-state index in [2.05, 4.69) is 5.32 Å². The average molecular weight is 220 g/mol. The molecule has 1 unspecified atom stereocenters. The molecule has 0 aliphatic carbocycles. The molecule has 1 aromatic carbocycles. The summed E-state index contributed by atoms with van der Waals surface area (Å²) in [6.45, 7) is 0.369. The number of furan rings is 1. The molecular weight excluding hydrogens is 207 g/mol. The molecule has 0 bridgehead atoms. The highest BCUT2D eigenvalue weighted by atomic mass is 19.1. The molecule has 4 heteroatoms. The second-order valence-corrected chi connectivity index (χ2v) is 3.47. The largest absolute Gasteiger partial charge is 0.472 e. The Bertz CT molecular complexity index is 442. The third kappa shape index (κ3) is 2.23. The van der Waals surface area contributed by atoms with Crippen molar-refractivity contribution in [3.05, 3.63) is 54.2 Å². The highest BCUT2D eigenvalue weighted by molar-refractivity contribution is 5.46. The van der Waals surface area contributed by atoms with Crippen molar-refractivity contribution in [2.45, 2.75) is 6.04 Å². The Labute approximate surface area is 93.1 Å². The summed E-state index contributed by atoms with van der Waals surface area (Å²) < 4.78 is 18.4. The van der Waals surface area contributed by atoms with Crippen molar-refractivity contribution >= 4 is 5.69 Å². The predicted molar refractivity (Wildman–Crippen MR) is 60.5 cm³/mol. The number of benzene rings is 1. The second kappa shape index (κ2) is 4.81. The van der Waals surface area contributed by atoms with Crippen LogP contribution < -0.4 is 11.1 Å². The van der Waals surface area contributed by atoms with E-state index in [9.17, 15) is 4.39 Å². The molecule has 1 heterocycles. The van der Waals surface area contributed by atoms with E-state index in [1.54, 1.807) is 30.7 Å². The van der Waals surface area contributed by atoms with Crippen LogP contribution in [0.5, 0.6) is 0 Å². The van der Waals surface area contributed by atoms with Crippen LogP contribution in [-0.2, 0) is 0 Å². The van der Waals surface area contributed by atoms with Crippen molar-refractivity contribution in [1.29, 1.82) is 0 Å². The van der Waals surface area contributed by atoms with Crippen LogP contribution >= 0.6 is 0 Å². The first-order valence-electron chi connectivity index (χ1n) is 5.04. The third-order valence-electron chi connectivity index (χ3n) is 2.38. The quantitative estimate of drug-likeness (QED) is 0.832. The normalized spacial score (nSPS) is 12.4. The average Bonchev–Trinajstić information content (AvgIpc) is 2.81. The van der Waals surface area contributed by atoms with E-state index < -0.39 is 0 Å². The van der Waals surface area contributed by atoms with Gasteiger partial charge in [0, 0.05) is 12.1 Å². The topological polar surface area (TPSA) is 51.2 Å². The van der Waals surface area contributed by atoms with E-state index in [1.807, 2.05) is 6.07 Å². The molecule has 3 N–H and O–H groups in total. The molecule has 0 aliphatic heterocycles. The minimum Gasteiger partial charge on any atom is -0.472 e. The lowest BCUT2D eigenvalue weighted by atomic mass is 10.1. The smallest absolute Gasteiger partial charge is 0.146 e. The van der Waals surface area contributed by atoms with Crippen LogP contribution in [0.4, 0.5) is 10.1 Å². The summed E-state index contributed by atoms with van der Waals surface area (Å²) in [7, 11) is 0. The third-order valence-corrected chi connectivity index (χ3v) is 2.38. The van der Waals surface area contributed by atoms with Gasteiger partial charge in [-0.25, -0.2) is 4.39 Å². The molecular formula is C12H13FN2O. The van der Waals surface area contributed by atoms with Gasteiger partial charge >= 0.3 is 0 Å². The lowest BCUT2D eigenvalue weighted by Crippen LogP contribution is -2.20. The zero-order valence-corrected chi connectivity index (χ0v) is 8.69. The standard InChI is InChI=1S/C12H13FN2O/c13-10-3-1-2-4-11(10)15-12(7-14)9-5-6-16-8-9/h1-6,8,12,15H,7,14H2. The van der Waals surface area contributed by atoms with E-state index in [4.69, 9.17) is 10.2 Å². The van der Waals surface area contributed by atoms with Crippen molar-refractivity contribution in [2.75, 3.05) is 11.9 Å². The molecule has 0 fully saturated rings. The molecule has 1 atom stereocenters. The minimum absolute atomic E-state index is 0.143. The summed E-state index contributed by atoms with van der Waals surface area (Å²) in [5.74, 6) is -0.288. The van der Waals surface area contributed by atoms with E-state index >= 15 is 0 Å². The highest BCUT2D eigenvalue weighted by Crippen LogP contribution is 2.21. The lowest BCUT2D eigenvalue weighted by molar-refractivity contribution is 0.560. The van der Waals surface area contributed by atoms with Gasteiger partial charge in [-0.15, -0.1) is 0 Å². The fourth-order valence-corrected chi connectivity index (χ4v) is 1.52. The Kier molecular flexibility index (Phi) is 3.22. The zero-order valence-electron chi connectivity index (χ0n) is 8.69. The van der Waals surface area contributed by atoms with Gasteiger partial charge in [-0.1, -0.05) is 12.1 Å². The van der Waals surface area contributed by atoms with E-state index in [0.29, 0.717) is 12.2 Å². The van der Waals surface area contributed by atoms with Crippen LogP contribution in [0, 0.1) is 5.82 Å². The van der Waals surface area contributed by atoms with Gasteiger partial charge in [0.05, 0.1) is 24.3 Å². The Morgan fingerprint density at radius 2 is 2.12 bits per heavy atom. The fraction of sp³-hybridized carbons (Fsp3) is 0.167. The van der Waals surface area contributed by atoms with E-state index in [0.717, 1.165) is 5.56 Å². The Balaban J connectivity index is 2.17. The monoisotopic (exact) mass is 220 g/mol. The number of nitrogens with two attached hydrogens (primary N) is 1. The first kappa shape index (κ1) is 10.7. The molecule has 0 saturated heterocycles. The Morgan fingerprint density at radius 1 is 1.31 bits per heavy atom. The van der Waals surface area contributed by atoms with Gasteiger partial charge in [-0.3, -0.25) is 0 Å². The van der Waals surface area contributed by atoms with Crippen molar-refractivity contribution in [3.8, 4) is 0 Å². The van der Waals surface area contributed by atoms with Gasteiger partial charge in [0.25, 0.3) is 0 Å². The molecule has 1 aromatic heterocycles. The number of rotatable bonds is 4. The summed E-state index contributed by atoms with van der Waals surface area (Å²) in [5, 5.41) is 3.04. The summed E-state index contributed by atoms with van der Waals surface area (Å²) in [6, 6.07) is 8.18. The van der Waals surface area contributed by atoms with Crippen molar-refractivity contribution in [1.82, 2.24) is 0 Å². The number of halogens is 1. The zero-order chi connectivity index (χ0) is 11.4. The van der Waals surface area contributed by atoms with Gasteiger partial charge < -0.3 is 15.5 Å². The lowest BCUT2D eigenvalue weighted by Gasteiger charge is -2.16. The van der Waals surface area contributed by atoms with Crippen molar-refractivity contribution in [3.63, 3.8) is 0 Å². The molecule has 2 rings (SSSR count). The molecule has 0 amide bonds. The first-order chi connectivity index (χ1) is 7.81. The molecule has 0 aliphatic rings. The van der Waals surface area contributed by atoms with Gasteiger partial charge in [0.15, 0.2) is 0 Å². The highest BCUT2D eigenvalue weighted by Gasteiger charge is 2.12. The number of hydrogen-bond donors (Lipinski definition) is 2. The summed E-state index contributed by atoms with van der Waals surface area (Å²) in [4.78, 5) is 0. The van der Waals surface area contributed by atoms with Crippen LogP contribution in [0.2, 0.25) is 0 Å². The van der Waals surface area contributed by atoms with Gasteiger partial charge in [0.2, 0.25) is 0 Å². The number of para-hydroxylation sites is 1. The van der Waals surface area contributed by atoms with Crippen LogP contribution in [0.15, 0.2) is 47.3 Å². The Morgan fingerprint density at radius 3 is 2.75 bits per heavy atom. The van der Waals surface area contributed by atoms with Gasteiger partial charge in [-0.05, 0) is 18.2 Å². The van der Waals surface area contributed by atoms with Gasteiger partial charge in [0.1, 0.15) is 5.82 Å². The van der Waals surface area contributed by atoms with Crippen LogP contribution in [0.1, 0.15) is 11.6 Å². The molecule has 16 heavy (non-hydrogen) atoms. The maximum Gasteiger partial charge on any atom is 0.146 e. The maximum absolute atomic E-state index is 13.4. The van der Waals surface area contributed by atoms with Crippen molar-refractivity contribution < 1.29 is 8.81 Å². The molecule has 0 saturated carbocycles. The fourth-order valence-electron chi connectivity index (χ4n) is 1.52. The summed E-state index contributed by atoms with van der Waals surface area (Å²) >= 11 is 0. The molecule has 3 nitrogen and oxygen atoms in total. The van der Waals surface area contributed by atoms with E-state index in [1.165, 1.54) is 6.07 Å². The number of anilines is 1. The molecule has 2 aromatic rings. The maximum atomic E-state index is 13.4. The van der Waals surface area contributed by atoms with Crippen LogP contribution in [0.3, 0.4) is 0 Å². The Hall–Kier alpha value is -1.81. The number of nitrogens with one attached hydrogen (secondary N) is 1. The van der Waals surface area contributed by atoms with Crippen molar-refractivity contribution in [2.24, 2.45) is 5.73 Å².